The van der Waals surface area contributed by atoms with Crippen LogP contribution in [0.3, 0.4) is 0 Å². The fraction of sp³-hybridized carbons (Fsp3) is 0.639. The largest absolute Gasteiger partial charge is 0.507 e. The van der Waals surface area contributed by atoms with E-state index in [4.69, 9.17) is 9.84 Å². The quantitative estimate of drug-likeness (QED) is 0.220. The standard InChI is InChI=1S/C36H56O5/c1-32(2,3)25-18-23(19-26(30(25)39)33(4,5)6)36(13,22-29(38)41-17-15-14-16-37)24-20-27(34(7,8)9)31(40)28(21-24)35(10,11)12/h18-21,37,39-40H,14-17,22H2,1-13H3. The molecule has 0 bridgehead atoms. The van der Waals surface area contributed by atoms with Gasteiger partial charge in [0.25, 0.3) is 0 Å². The summed E-state index contributed by atoms with van der Waals surface area (Å²) in [4.78, 5) is 13.4. The Bertz CT molecular complexity index is 1080. The number of ether oxygens (including phenoxy) is 1. The van der Waals surface area contributed by atoms with Gasteiger partial charge in [0.15, 0.2) is 0 Å². The number of unbranched alkanes of at least 4 members (excludes halogenated alkanes) is 1. The number of carbonyl (C=O) groups is 1. The molecule has 0 fully saturated rings. The maximum Gasteiger partial charge on any atom is 0.307 e. The maximum atomic E-state index is 13.4. The Morgan fingerprint density at radius 1 is 0.610 bits per heavy atom. The molecule has 5 nitrogen and oxygen atoms in total. The summed E-state index contributed by atoms with van der Waals surface area (Å²) >= 11 is 0. The summed E-state index contributed by atoms with van der Waals surface area (Å²) in [6.07, 6.45) is 1.26. The van der Waals surface area contributed by atoms with Gasteiger partial charge in [0.1, 0.15) is 11.5 Å². The third kappa shape index (κ3) is 8.06. The van der Waals surface area contributed by atoms with E-state index in [2.05, 4.69) is 90.0 Å². The van der Waals surface area contributed by atoms with E-state index >= 15 is 0 Å². The molecule has 2 aromatic carbocycles. The maximum absolute atomic E-state index is 13.4. The number of hydrogen-bond donors (Lipinski definition) is 3. The zero-order chi connectivity index (χ0) is 31.8. The molecular weight excluding hydrogens is 512 g/mol. The van der Waals surface area contributed by atoms with Gasteiger partial charge in [0.2, 0.25) is 0 Å². The van der Waals surface area contributed by atoms with Gasteiger partial charge in [-0.2, -0.15) is 0 Å². The van der Waals surface area contributed by atoms with Gasteiger partial charge >= 0.3 is 5.97 Å². The Labute approximate surface area is 249 Å². The first kappa shape index (κ1) is 34.7. The third-order valence-corrected chi connectivity index (χ3v) is 8.04. The van der Waals surface area contributed by atoms with Gasteiger partial charge in [-0.25, -0.2) is 0 Å². The summed E-state index contributed by atoms with van der Waals surface area (Å²) in [5.41, 5.74) is 2.97. The summed E-state index contributed by atoms with van der Waals surface area (Å²) in [6.45, 7) is 27.4. The van der Waals surface area contributed by atoms with Crippen molar-refractivity contribution in [1.29, 1.82) is 0 Å². The molecule has 3 N–H and O–H groups in total. The van der Waals surface area contributed by atoms with Gasteiger partial charge in [-0.05, 0) is 67.9 Å². The molecule has 0 aromatic heterocycles. The number of rotatable bonds is 8. The second-order valence-electron chi connectivity index (χ2n) is 16.0. The fourth-order valence-corrected chi connectivity index (χ4v) is 5.30. The average molecular weight is 569 g/mol. The van der Waals surface area contributed by atoms with E-state index in [9.17, 15) is 15.0 Å². The summed E-state index contributed by atoms with van der Waals surface area (Å²) < 4.78 is 5.67. The fourth-order valence-electron chi connectivity index (χ4n) is 5.30. The molecule has 0 saturated heterocycles. The summed E-state index contributed by atoms with van der Waals surface area (Å²) in [5.74, 6) is 0.258. The van der Waals surface area contributed by atoms with E-state index in [-0.39, 0.29) is 47.3 Å². The van der Waals surface area contributed by atoms with Crippen LogP contribution in [0.15, 0.2) is 24.3 Å². The molecule has 0 unspecified atom stereocenters. The van der Waals surface area contributed by atoms with Crippen LogP contribution in [0, 0.1) is 0 Å². The lowest BCUT2D eigenvalue weighted by atomic mass is 9.67. The van der Waals surface area contributed by atoms with Crippen molar-refractivity contribution in [2.45, 2.75) is 136 Å². The molecule has 0 aliphatic rings. The number of phenols is 2. The van der Waals surface area contributed by atoms with E-state index in [0.717, 1.165) is 33.4 Å². The number of carbonyl (C=O) groups excluding carboxylic acids is 1. The molecule has 0 amide bonds. The number of benzene rings is 2. The highest BCUT2D eigenvalue weighted by Gasteiger charge is 2.39. The Morgan fingerprint density at radius 2 is 0.927 bits per heavy atom. The van der Waals surface area contributed by atoms with Crippen LogP contribution in [-0.4, -0.2) is 34.5 Å². The summed E-state index contributed by atoms with van der Waals surface area (Å²) in [6, 6.07) is 8.18. The molecule has 0 saturated carbocycles. The van der Waals surface area contributed by atoms with Crippen LogP contribution >= 0.6 is 0 Å². The molecule has 230 valence electrons. The van der Waals surface area contributed by atoms with Crippen LogP contribution in [0.1, 0.15) is 143 Å². The Morgan fingerprint density at radius 3 is 1.20 bits per heavy atom. The van der Waals surface area contributed by atoms with Crippen molar-refractivity contribution in [1.82, 2.24) is 0 Å². The zero-order valence-electron chi connectivity index (χ0n) is 28.0. The molecule has 0 radical (unpaired) electrons. The smallest absolute Gasteiger partial charge is 0.307 e. The van der Waals surface area contributed by atoms with Gasteiger partial charge in [-0.3, -0.25) is 4.79 Å². The lowest BCUT2D eigenvalue weighted by Gasteiger charge is -2.37. The second-order valence-corrected chi connectivity index (χ2v) is 16.0. The van der Waals surface area contributed by atoms with Crippen molar-refractivity contribution < 1.29 is 24.9 Å². The SMILES string of the molecule is CC(C)(C)c1cc(C(C)(CC(=O)OCCCCO)c2cc(C(C)(C)C)c(O)c(C(C)(C)C)c2)cc(C(C)(C)C)c1O. The number of aromatic hydroxyl groups is 2. The Balaban J connectivity index is 3.00. The number of hydrogen-bond acceptors (Lipinski definition) is 5. The minimum atomic E-state index is -0.824. The summed E-state index contributed by atoms with van der Waals surface area (Å²) in [5, 5.41) is 32.1. The van der Waals surface area contributed by atoms with Crippen LogP contribution in [0.5, 0.6) is 11.5 Å². The highest BCUT2D eigenvalue weighted by atomic mass is 16.5. The van der Waals surface area contributed by atoms with Crippen LogP contribution in [0.25, 0.3) is 0 Å². The highest BCUT2D eigenvalue weighted by Crippen LogP contribution is 2.48. The molecule has 0 spiro atoms. The third-order valence-electron chi connectivity index (χ3n) is 8.04. The van der Waals surface area contributed by atoms with Crippen LogP contribution in [0.2, 0.25) is 0 Å². The van der Waals surface area contributed by atoms with Crippen molar-refractivity contribution in [2.24, 2.45) is 0 Å². The molecule has 2 rings (SSSR count). The molecule has 5 heteroatoms. The average Bonchev–Trinajstić information content (AvgIpc) is 2.78. The zero-order valence-corrected chi connectivity index (χ0v) is 28.0. The minimum absolute atomic E-state index is 0.0621. The topological polar surface area (TPSA) is 87.0 Å². The first-order valence-corrected chi connectivity index (χ1v) is 15.0. The number of aliphatic hydroxyl groups excluding tert-OH is 1. The van der Waals surface area contributed by atoms with E-state index in [0.29, 0.717) is 24.3 Å². The van der Waals surface area contributed by atoms with Gasteiger partial charge in [-0.1, -0.05) is 114 Å². The molecule has 0 aliphatic carbocycles. The van der Waals surface area contributed by atoms with Crippen molar-refractivity contribution in [3.8, 4) is 11.5 Å². The van der Waals surface area contributed by atoms with Crippen molar-refractivity contribution >= 4 is 5.97 Å². The number of aliphatic hydroxyl groups is 1. The molecule has 0 heterocycles. The van der Waals surface area contributed by atoms with E-state index in [1.165, 1.54) is 0 Å². The monoisotopic (exact) mass is 568 g/mol. The molecular formula is C36H56O5. The van der Waals surface area contributed by atoms with E-state index in [1.807, 2.05) is 24.3 Å². The van der Waals surface area contributed by atoms with Gasteiger partial charge in [-0.15, -0.1) is 0 Å². The molecule has 0 aliphatic heterocycles. The first-order chi connectivity index (χ1) is 18.4. The number of esters is 1. The van der Waals surface area contributed by atoms with Gasteiger partial charge < -0.3 is 20.1 Å². The van der Waals surface area contributed by atoms with E-state index < -0.39 is 5.41 Å². The van der Waals surface area contributed by atoms with Crippen molar-refractivity contribution in [3.63, 3.8) is 0 Å². The van der Waals surface area contributed by atoms with Gasteiger partial charge in [0, 0.05) is 12.0 Å². The molecule has 0 atom stereocenters. The predicted molar refractivity (Wildman–Crippen MR) is 169 cm³/mol. The van der Waals surface area contributed by atoms with Crippen molar-refractivity contribution in [2.75, 3.05) is 13.2 Å². The Kier molecular flexibility index (Phi) is 10.1. The number of phenolic OH excluding ortho intramolecular Hbond substituents is 2. The first-order valence-electron chi connectivity index (χ1n) is 15.0. The lowest BCUT2D eigenvalue weighted by Crippen LogP contribution is -2.31. The predicted octanol–water partition coefficient (Wildman–Crippen LogP) is 8.30. The van der Waals surface area contributed by atoms with Crippen LogP contribution in [0.4, 0.5) is 0 Å². The van der Waals surface area contributed by atoms with Crippen LogP contribution < -0.4 is 0 Å². The minimum Gasteiger partial charge on any atom is -0.507 e. The normalized spacial score (nSPS) is 13.4. The van der Waals surface area contributed by atoms with Crippen molar-refractivity contribution in [3.05, 3.63) is 57.6 Å². The van der Waals surface area contributed by atoms with Gasteiger partial charge in [0.05, 0.1) is 13.0 Å². The van der Waals surface area contributed by atoms with E-state index in [1.54, 1.807) is 0 Å². The molecule has 2 aromatic rings. The highest BCUT2D eigenvalue weighted by molar-refractivity contribution is 5.73. The lowest BCUT2D eigenvalue weighted by molar-refractivity contribution is -0.144. The van der Waals surface area contributed by atoms with Crippen LogP contribution in [-0.2, 0) is 36.6 Å². The second kappa shape index (κ2) is 12.0. The summed E-state index contributed by atoms with van der Waals surface area (Å²) in [7, 11) is 0. The molecule has 41 heavy (non-hydrogen) atoms. The Hall–Kier alpha value is -2.53.